The molecule has 38 heavy (non-hydrogen) atoms. The maximum Gasteiger partial charge on any atom is 0.338 e. The predicted molar refractivity (Wildman–Crippen MR) is 139 cm³/mol. The van der Waals surface area contributed by atoms with E-state index < -0.39 is 17.3 Å². The fourth-order valence-corrected chi connectivity index (χ4v) is 6.51. The number of ether oxygens (including phenoxy) is 1. The Morgan fingerprint density at radius 3 is 2.45 bits per heavy atom. The molecule has 7 rings (SSSR count). The quantitative estimate of drug-likeness (QED) is 0.310. The Labute approximate surface area is 228 Å². The van der Waals surface area contributed by atoms with Crippen molar-refractivity contribution >= 4 is 40.8 Å². The van der Waals surface area contributed by atoms with E-state index in [0.717, 1.165) is 55.6 Å². The van der Waals surface area contributed by atoms with Crippen LogP contribution in [0.15, 0.2) is 40.9 Å². The molecule has 4 fully saturated rings. The van der Waals surface area contributed by atoms with E-state index in [1.807, 2.05) is 0 Å². The first-order valence-corrected chi connectivity index (χ1v) is 13.4. The van der Waals surface area contributed by atoms with Crippen molar-refractivity contribution in [2.24, 2.45) is 17.8 Å². The summed E-state index contributed by atoms with van der Waals surface area (Å²) in [6.07, 6.45) is 4.52. The molecule has 2 unspecified atom stereocenters. The van der Waals surface area contributed by atoms with Crippen molar-refractivity contribution in [3.8, 4) is 11.3 Å². The standard InChI is InChI=1S/C28H25Cl2FN2O5/c29-20-2-1-3-21(30)24(20)25-19(26(38-33-25)13-4-5-13)12-37-17-9-14-8-15(10-17)23(14)27(34)32-16-6-7-18(28(35)36)22(31)11-16/h1-3,6-7,11,13-15,17,23H,4-5,8-10,12H2,(H,32,34)(H,35,36). The zero-order valence-corrected chi connectivity index (χ0v) is 21.8. The van der Waals surface area contributed by atoms with Crippen LogP contribution < -0.4 is 5.32 Å². The fourth-order valence-electron chi connectivity index (χ4n) is 5.93. The fraction of sp³-hybridized carbons (Fsp3) is 0.393. The van der Waals surface area contributed by atoms with E-state index in [-0.39, 0.29) is 35.5 Å². The second kappa shape index (κ2) is 9.98. The molecule has 2 aromatic carbocycles. The van der Waals surface area contributed by atoms with E-state index in [2.05, 4.69) is 10.5 Å². The molecule has 198 valence electrons. The first-order valence-electron chi connectivity index (χ1n) is 12.7. The minimum Gasteiger partial charge on any atom is -0.478 e. The van der Waals surface area contributed by atoms with Gasteiger partial charge in [0.15, 0.2) is 0 Å². The van der Waals surface area contributed by atoms with Gasteiger partial charge in [-0.1, -0.05) is 34.4 Å². The second-order valence-electron chi connectivity index (χ2n) is 10.4. The first-order chi connectivity index (χ1) is 18.3. The molecule has 0 aliphatic heterocycles. The number of carbonyl (C=O) groups excluding carboxylic acids is 1. The highest BCUT2D eigenvalue weighted by atomic mass is 35.5. The number of hydrogen-bond acceptors (Lipinski definition) is 5. The van der Waals surface area contributed by atoms with Gasteiger partial charge < -0.3 is 19.7 Å². The van der Waals surface area contributed by atoms with Crippen LogP contribution in [0.4, 0.5) is 10.1 Å². The Balaban J connectivity index is 1.11. The lowest BCUT2D eigenvalue weighted by Crippen LogP contribution is -2.51. The highest BCUT2D eigenvalue weighted by molar-refractivity contribution is 6.39. The number of amides is 1. The number of carbonyl (C=O) groups is 2. The van der Waals surface area contributed by atoms with Crippen molar-refractivity contribution in [2.75, 3.05) is 5.32 Å². The van der Waals surface area contributed by atoms with Gasteiger partial charge in [-0.2, -0.15) is 0 Å². The molecular formula is C28H25Cl2FN2O5. The number of anilines is 1. The lowest BCUT2D eigenvalue weighted by Gasteiger charge is -2.51. The molecule has 1 heterocycles. The molecule has 0 saturated heterocycles. The van der Waals surface area contributed by atoms with E-state index in [9.17, 15) is 14.0 Å². The molecular weight excluding hydrogens is 534 g/mol. The zero-order chi connectivity index (χ0) is 26.6. The van der Waals surface area contributed by atoms with Crippen LogP contribution in [0.2, 0.25) is 10.0 Å². The number of carboxylic acids is 1. The summed E-state index contributed by atoms with van der Waals surface area (Å²) in [6.45, 7) is 0.322. The van der Waals surface area contributed by atoms with Gasteiger partial charge in [0.05, 0.1) is 28.3 Å². The number of nitrogens with one attached hydrogen (secondary N) is 1. The number of aromatic nitrogens is 1. The third-order valence-electron chi connectivity index (χ3n) is 7.95. The van der Waals surface area contributed by atoms with Crippen LogP contribution in [0.25, 0.3) is 11.3 Å². The summed E-state index contributed by atoms with van der Waals surface area (Å²) in [5, 5.41) is 17.1. The largest absolute Gasteiger partial charge is 0.478 e. The number of carboxylic acid groups (broad SMARTS) is 1. The smallest absolute Gasteiger partial charge is 0.338 e. The van der Waals surface area contributed by atoms with Crippen molar-refractivity contribution in [3.63, 3.8) is 0 Å². The third-order valence-corrected chi connectivity index (χ3v) is 8.58. The highest BCUT2D eigenvalue weighted by Crippen LogP contribution is 2.52. The maximum absolute atomic E-state index is 14.0. The van der Waals surface area contributed by atoms with Gasteiger partial charge in [-0.05, 0) is 74.3 Å². The van der Waals surface area contributed by atoms with E-state index in [0.29, 0.717) is 33.8 Å². The molecule has 0 radical (unpaired) electrons. The summed E-state index contributed by atoms with van der Waals surface area (Å²) in [6, 6.07) is 8.93. The van der Waals surface area contributed by atoms with E-state index in [4.69, 9.17) is 37.6 Å². The Bertz CT molecular complexity index is 1390. The molecule has 4 saturated carbocycles. The first kappa shape index (κ1) is 25.3. The molecule has 2 N–H and O–H groups in total. The van der Waals surface area contributed by atoms with Crippen molar-refractivity contribution in [2.45, 2.75) is 50.7 Å². The number of benzene rings is 2. The van der Waals surface area contributed by atoms with Crippen LogP contribution in [0, 0.1) is 23.6 Å². The van der Waals surface area contributed by atoms with Gasteiger partial charge in [0.1, 0.15) is 17.3 Å². The molecule has 4 aliphatic carbocycles. The summed E-state index contributed by atoms with van der Waals surface area (Å²) < 4.78 is 26.1. The van der Waals surface area contributed by atoms with Gasteiger partial charge >= 0.3 is 5.97 Å². The van der Waals surface area contributed by atoms with Crippen molar-refractivity contribution < 1.29 is 28.3 Å². The number of fused-ring (bicyclic) bond motifs is 2. The van der Waals surface area contributed by atoms with Gasteiger partial charge in [0.2, 0.25) is 5.91 Å². The molecule has 4 aliphatic rings. The molecule has 1 amide bonds. The molecule has 2 bridgehead atoms. The van der Waals surface area contributed by atoms with Crippen LogP contribution >= 0.6 is 23.2 Å². The van der Waals surface area contributed by atoms with Gasteiger partial charge in [-0.15, -0.1) is 0 Å². The number of halogens is 3. The van der Waals surface area contributed by atoms with Crippen LogP contribution in [0.5, 0.6) is 0 Å². The summed E-state index contributed by atoms with van der Waals surface area (Å²) in [5.41, 5.74) is 1.95. The minimum atomic E-state index is -1.35. The van der Waals surface area contributed by atoms with Crippen LogP contribution in [-0.2, 0) is 16.1 Å². The monoisotopic (exact) mass is 558 g/mol. The Hall–Kier alpha value is -2.94. The van der Waals surface area contributed by atoms with Gasteiger partial charge in [-0.3, -0.25) is 4.79 Å². The Morgan fingerprint density at radius 2 is 1.82 bits per heavy atom. The second-order valence-corrected chi connectivity index (χ2v) is 11.2. The van der Waals surface area contributed by atoms with Crippen LogP contribution in [0.3, 0.4) is 0 Å². The third kappa shape index (κ3) is 4.70. The zero-order valence-electron chi connectivity index (χ0n) is 20.3. The van der Waals surface area contributed by atoms with Gasteiger partial charge in [0, 0.05) is 28.7 Å². The average molecular weight is 559 g/mol. The lowest BCUT2D eigenvalue weighted by molar-refractivity contribution is -0.142. The predicted octanol–water partition coefficient (Wildman–Crippen LogP) is 6.93. The molecule has 0 spiro atoms. The van der Waals surface area contributed by atoms with Gasteiger partial charge in [-0.25, -0.2) is 9.18 Å². The average Bonchev–Trinajstić information content (AvgIpc) is 3.62. The number of rotatable bonds is 8. The highest BCUT2D eigenvalue weighted by Gasteiger charge is 2.51. The maximum atomic E-state index is 14.0. The van der Waals surface area contributed by atoms with Crippen molar-refractivity contribution in [1.29, 1.82) is 0 Å². The van der Waals surface area contributed by atoms with Crippen molar-refractivity contribution in [1.82, 2.24) is 5.16 Å². The number of hydrogen-bond donors (Lipinski definition) is 2. The van der Waals surface area contributed by atoms with Crippen LogP contribution in [-0.4, -0.2) is 28.2 Å². The molecule has 7 nitrogen and oxygen atoms in total. The van der Waals surface area contributed by atoms with E-state index in [1.165, 1.54) is 6.07 Å². The summed E-state index contributed by atoms with van der Waals surface area (Å²) in [4.78, 5) is 24.0. The Kier molecular flexibility index (Phi) is 6.66. The molecule has 10 heteroatoms. The van der Waals surface area contributed by atoms with Crippen LogP contribution in [0.1, 0.15) is 59.7 Å². The van der Waals surface area contributed by atoms with Gasteiger partial charge in [0.25, 0.3) is 0 Å². The topological polar surface area (TPSA) is 102 Å². The number of aromatic carboxylic acids is 1. The lowest BCUT2D eigenvalue weighted by atomic mass is 9.56. The molecule has 2 atom stereocenters. The summed E-state index contributed by atoms with van der Waals surface area (Å²) in [7, 11) is 0. The number of nitrogens with zero attached hydrogens (tertiary/aromatic N) is 1. The van der Waals surface area contributed by atoms with E-state index >= 15 is 0 Å². The van der Waals surface area contributed by atoms with Crippen molar-refractivity contribution in [3.05, 3.63) is 69.1 Å². The SMILES string of the molecule is O=C(O)c1ccc(NC(=O)C2C3CC(OCc4c(-c5c(Cl)cccc5Cl)noc4C4CC4)CC2C3)cc1F. The molecule has 1 aromatic heterocycles. The van der Waals surface area contributed by atoms with E-state index in [1.54, 1.807) is 18.2 Å². The normalized spacial score (nSPS) is 24.1. The minimum absolute atomic E-state index is 0.00776. The Morgan fingerprint density at radius 1 is 1.11 bits per heavy atom. The summed E-state index contributed by atoms with van der Waals surface area (Å²) >= 11 is 12.9. The molecule has 3 aromatic rings. The summed E-state index contributed by atoms with van der Waals surface area (Å²) in [5.74, 6) is -1.07.